The van der Waals surface area contributed by atoms with Crippen LogP contribution in [0.25, 0.3) is 0 Å². The lowest BCUT2D eigenvalue weighted by molar-refractivity contribution is 0.102. The van der Waals surface area contributed by atoms with Crippen LogP contribution in [0.15, 0.2) is 41.3 Å². The highest BCUT2D eigenvalue weighted by atomic mass is 35.5. The summed E-state index contributed by atoms with van der Waals surface area (Å²) in [7, 11) is -2.25. The molecule has 1 aliphatic rings. The van der Waals surface area contributed by atoms with Crippen LogP contribution in [0.1, 0.15) is 41.6 Å². The number of nitrogens with zero attached hydrogens (tertiary/aromatic N) is 1. The molecular weight excluding hydrogens is 412 g/mol. The van der Waals surface area contributed by atoms with Crippen molar-refractivity contribution in [3.63, 3.8) is 0 Å². The first-order chi connectivity index (χ1) is 13.8. The molecule has 3 rings (SSSR count). The molecule has 1 fully saturated rings. The molecule has 0 aliphatic carbocycles. The number of carbonyl (C=O) groups is 1. The average molecular weight is 437 g/mol. The minimum absolute atomic E-state index is 0.0371. The topological polar surface area (TPSA) is 75.7 Å². The minimum atomic E-state index is -3.77. The average Bonchev–Trinajstić information content (AvgIpc) is 2.98. The largest absolute Gasteiger partial charge is 0.495 e. The number of ether oxygens (including phenoxy) is 1. The highest BCUT2D eigenvalue weighted by Gasteiger charge is 2.28. The van der Waals surface area contributed by atoms with Crippen molar-refractivity contribution in [3.8, 4) is 5.75 Å². The molecule has 2 aromatic carbocycles. The first kappa shape index (κ1) is 21.6. The monoisotopic (exact) mass is 436 g/mol. The van der Waals surface area contributed by atoms with Crippen molar-refractivity contribution >= 4 is 33.2 Å². The zero-order chi connectivity index (χ0) is 21.0. The molecule has 29 heavy (non-hydrogen) atoms. The van der Waals surface area contributed by atoms with Gasteiger partial charge < -0.3 is 10.1 Å². The van der Waals surface area contributed by atoms with Gasteiger partial charge in [0.2, 0.25) is 10.0 Å². The summed E-state index contributed by atoms with van der Waals surface area (Å²) in [5.41, 5.74) is 1.69. The quantitative estimate of drug-likeness (QED) is 0.750. The Morgan fingerprint density at radius 3 is 2.41 bits per heavy atom. The van der Waals surface area contributed by atoms with Gasteiger partial charge in [-0.3, -0.25) is 4.79 Å². The van der Waals surface area contributed by atoms with Crippen LogP contribution in [0.5, 0.6) is 5.75 Å². The predicted octanol–water partition coefficient (Wildman–Crippen LogP) is 4.47. The van der Waals surface area contributed by atoms with Crippen molar-refractivity contribution in [3.05, 3.63) is 52.5 Å². The normalized spacial score (nSPS) is 15.6. The van der Waals surface area contributed by atoms with Crippen LogP contribution in [0, 0.1) is 6.92 Å². The first-order valence-corrected chi connectivity index (χ1v) is 11.4. The van der Waals surface area contributed by atoms with Gasteiger partial charge >= 0.3 is 0 Å². The third kappa shape index (κ3) is 4.91. The number of sulfonamides is 1. The second kappa shape index (κ2) is 9.15. The lowest BCUT2D eigenvalue weighted by atomic mass is 10.1. The van der Waals surface area contributed by atoms with Gasteiger partial charge in [0.05, 0.1) is 17.8 Å². The van der Waals surface area contributed by atoms with Gasteiger partial charge in [-0.05, 0) is 55.7 Å². The number of aryl methyl sites for hydroxylation is 1. The Balaban J connectivity index is 1.90. The summed E-state index contributed by atoms with van der Waals surface area (Å²) in [4.78, 5) is 12.8. The Kier molecular flexibility index (Phi) is 6.82. The van der Waals surface area contributed by atoms with Gasteiger partial charge in [0.25, 0.3) is 5.91 Å². The molecule has 0 unspecified atom stereocenters. The van der Waals surface area contributed by atoms with E-state index >= 15 is 0 Å². The molecule has 0 bridgehead atoms. The maximum absolute atomic E-state index is 13.1. The zero-order valence-electron chi connectivity index (χ0n) is 16.6. The molecule has 0 radical (unpaired) electrons. The number of benzene rings is 2. The summed E-state index contributed by atoms with van der Waals surface area (Å²) in [5.74, 6) is 0.0909. The van der Waals surface area contributed by atoms with E-state index in [1.807, 2.05) is 13.0 Å². The molecule has 0 aromatic heterocycles. The van der Waals surface area contributed by atoms with Crippen LogP contribution in [-0.2, 0) is 10.0 Å². The molecule has 1 amide bonds. The first-order valence-electron chi connectivity index (χ1n) is 9.58. The molecule has 156 valence electrons. The molecule has 1 saturated heterocycles. The molecule has 6 nitrogen and oxygen atoms in total. The number of halogens is 1. The summed E-state index contributed by atoms with van der Waals surface area (Å²) in [5, 5.41) is 2.90. The van der Waals surface area contributed by atoms with E-state index < -0.39 is 15.9 Å². The highest BCUT2D eigenvalue weighted by Crippen LogP contribution is 2.29. The molecule has 2 aromatic rings. The Bertz CT molecular complexity index is 1000. The van der Waals surface area contributed by atoms with Gasteiger partial charge in [-0.2, -0.15) is 4.31 Å². The van der Waals surface area contributed by atoms with E-state index in [1.54, 1.807) is 12.1 Å². The summed E-state index contributed by atoms with van der Waals surface area (Å²) in [6.07, 6.45) is 3.68. The predicted molar refractivity (Wildman–Crippen MR) is 114 cm³/mol. The molecule has 1 N–H and O–H groups in total. The van der Waals surface area contributed by atoms with Gasteiger partial charge in [-0.1, -0.05) is 30.5 Å². The van der Waals surface area contributed by atoms with Crippen LogP contribution in [0.4, 0.5) is 5.69 Å². The number of nitrogens with one attached hydrogen (secondary N) is 1. The fourth-order valence-corrected chi connectivity index (χ4v) is 5.39. The van der Waals surface area contributed by atoms with Crippen molar-refractivity contribution in [1.82, 2.24) is 4.31 Å². The molecule has 1 aliphatic heterocycles. The van der Waals surface area contributed by atoms with Gasteiger partial charge in [-0.25, -0.2) is 8.42 Å². The van der Waals surface area contributed by atoms with Gasteiger partial charge in [0.1, 0.15) is 10.6 Å². The molecule has 1 heterocycles. The van der Waals surface area contributed by atoms with Crippen molar-refractivity contribution in [2.45, 2.75) is 37.5 Å². The van der Waals surface area contributed by atoms with Crippen molar-refractivity contribution in [2.24, 2.45) is 0 Å². The smallest absolute Gasteiger partial charge is 0.255 e. The number of hydrogen-bond acceptors (Lipinski definition) is 4. The Hall–Kier alpha value is -2.09. The number of rotatable bonds is 5. The van der Waals surface area contributed by atoms with E-state index in [4.69, 9.17) is 16.3 Å². The number of hydrogen-bond donors (Lipinski definition) is 1. The number of methoxy groups -OCH3 is 1. The van der Waals surface area contributed by atoms with E-state index in [0.29, 0.717) is 24.5 Å². The number of carbonyl (C=O) groups excluding carboxylic acids is 1. The van der Waals surface area contributed by atoms with Gasteiger partial charge in [-0.15, -0.1) is 0 Å². The lowest BCUT2D eigenvalue weighted by Gasteiger charge is -2.21. The Labute approximate surface area is 176 Å². The second-order valence-corrected chi connectivity index (χ2v) is 9.43. The molecule has 0 atom stereocenters. The highest BCUT2D eigenvalue weighted by molar-refractivity contribution is 7.89. The summed E-state index contributed by atoms with van der Waals surface area (Å²) in [6, 6.07) is 9.75. The van der Waals surface area contributed by atoms with E-state index in [9.17, 15) is 13.2 Å². The van der Waals surface area contributed by atoms with Crippen molar-refractivity contribution < 1.29 is 17.9 Å². The van der Waals surface area contributed by atoms with Crippen LogP contribution in [0.2, 0.25) is 5.02 Å². The van der Waals surface area contributed by atoms with Crippen LogP contribution < -0.4 is 10.1 Å². The molecule has 0 saturated carbocycles. The summed E-state index contributed by atoms with van der Waals surface area (Å²) >= 11 is 6.22. The number of anilines is 1. The SMILES string of the molecule is COc1ccc(C)cc1NC(=O)c1ccc(Cl)c(S(=O)(=O)N2CCCCCC2)c1. The van der Waals surface area contributed by atoms with Gasteiger partial charge in [0, 0.05) is 18.7 Å². The molecular formula is C21H25ClN2O4S. The summed E-state index contributed by atoms with van der Waals surface area (Å²) in [6.45, 7) is 2.84. The maximum atomic E-state index is 13.1. The second-order valence-electron chi connectivity index (χ2n) is 7.12. The van der Waals surface area contributed by atoms with Crippen LogP contribution in [0.3, 0.4) is 0 Å². The van der Waals surface area contributed by atoms with Crippen molar-refractivity contribution in [2.75, 3.05) is 25.5 Å². The maximum Gasteiger partial charge on any atom is 0.255 e. The van der Waals surface area contributed by atoms with Crippen LogP contribution in [-0.4, -0.2) is 38.8 Å². The van der Waals surface area contributed by atoms with Crippen molar-refractivity contribution in [1.29, 1.82) is 0 Å². The molecule has 8 heteroatoms. The minimum Gasteiger partial charge on any atom is -0.495 e. The van der Waals surface area contributed by atoms with E-state index in [1.165, 1.54) is 29.6 Å². The lowest BCUT2D eigenvalue weighted by Crippen LogP contribution is -2.32. The van der Waals surface area contributed by atoms with E-state index in [0.717, 1.165) is 31.2 Å². The Morgan fingerprint density at radius 2 is 1.76 bits per heavy atom. The third-order valence-electron chi connectivity index (χ3n) is 4.98. The fraction of sp³-hybridized carbons (Fsp3) is 0.381. The summed E-state index contributed by atoms with van der Waals surface area (Å²) < 4.78 is 33.0. The number of amides is 1. The zero-order valence-corrected chi connectivity index (χ0v) is 18.1. The fourth-order valence-electron chi connectivity index (χ4n) is 3.38. The van der Waals surface area contributed by atoms with E-state index in [-0.39, 0.29) is 15.5 Å². The van der Waals surface area contributed by atoms with E-state index in [2.05, 4.69) is 5.32 Å². The van der Waals surface area contributed by atoms with Gasteiger partial charge in [0.15, 0.2) is 0 Å². The van der Waals surface area contributed by atoms with Crippen LogP contribution >= 0.6 is 11.6 Å². The third-order valence-corrected chi connectivity index (χ3v) is 7.36. The molecule has 0 spiro atoms. The standard InChI is InChI=1S/C21H25ClN2O4S/c1-15-7-10-19(28-2)18(13-15)23-21(25)16-8-9-17(22)20(14-16)29(26,27)24-11-5-3-4-6-12-24/h7-10,13-14H,3-6,11-12H2,1-2H3,(H,23,25). The Morgan fingerprint density at radius 1 is 1.07 bits per heavy atom.